The van der Waals surface area contributed by atoms with Crippen molar-refractivity contribution >= 4 is 17.5 Å². The third-order valence-corrected chi connectivity index (χ3v) is 3.63. The maximum Gasteiger partial charge on any atom is 0.255 e. The molecule has 0 aromatic heterocycles. The number of benzene rings is 2. The smallest absolute Gasteiger partial charge is 0.255 e. The Bertz CT molecular complexity index is 709. The van der Waals surface area contributed by atoms with Crippen LogP contribution in [0.2, 0.25) is 0 Å². The molecule has 0 aliphatic heterocycles. The van der Waals surface area contributed by atoms with Crippen molar-refractivity contribution < 1.29 is 9.59 Å². The van der Waals surface area contributed by atoms with Crippen LogP contribution < -0.4 is 10.6 Å². The highest BCUT2D eigenvalue weighted by Crippen LogP contribution is 2.16. The van der Waals surface area contributed by atoms with Crippen molar-refractivity contribution in [3.05, 3.63) is 65.2 Å². The molecule has 5 nitrogen and oxygen atoms in total. The summed E-state index contributed by atoms with van der Waals surface area (Å²) in [6, 6.07) is 14.4. The molecule has 0 saturated carbocycles. The number of carbonyl (C=O) groups is 2. The highest BCUT2D eigenvalue weighted by Gasteiger charge is 2.11. The minimum Gasteiger partial charge on any atom is -0.345 e. The van der Waals surface area contributed by atoms with E-state index in [0.29, 0.717) is 17.7 Å². The van der Waals surface area contributed by atoms with Crippen LogP contribution in [0.15, 0.2) is 48.5 Å². The Hall–Kier alpha value is -2.66. The van der Waals surface area contributed by atoms with E-state index < -0.39 is 0 Å². The van der Waals surface area contributed by atoms with Crippen LogP contribution in [0.1, 0.15) is 33.2 Å². The van der Waals surface area contributed by atoms with E-state index in [2.05, 4.69) is 10.6 Å². The number of hydrogen-bond acceptors (Lipinski definition) is 3. The van der Waals surface area contributed by atoms with Gasteiger partial charge in [0.2, 0.25) is 0 Å². The fourth-order valence-corrected chi connectivity index (χ4v) is 2.27. The van der Waals surface area contributed by atoms with Crippen LogP contribution in [-0.2, 0) is 6.54 Å². The molecule has 0 unspecified atom stereocenters. The van der Waals surface area contributed by atoms with Crippen molar-refractivity contribution in [2.75, 3.05) is 26.0 Å². The van der Waals surface area contributed by atoms with E-state index in [1.54, 1.807) is 38.4 Å². The molecule has 2 amide bonds. The normalized spacial score (nSPS) is 10.3. The molecule has 0 fully saturated rings. The summed E-state index contributed by atoms with van der Waals surface area (Å²) < 4.78 is 0. The van der Waals surface area contributed by atoms with Gasteiger partial charge in [0.25, 0.3) is 11.8 Å². The van der Waals surface area contributed by atoms with Crippen molar-refractivity contribution in [3.63, 3.8) is 0 Å². The van der Waals surface area contributed by atoms with Gasteiger partial charge in [0, 0.05) is 37.5 Å². The van der Waals surface area contributed by atoms with Crippen LogP contribution in [0.3, 0.4) is 0 Å². The lowest BCUT2D eigenvalue weighted by atomic mass is 10.1. The molecule has 24 heavy (non-hydrogen) atoms. The first-order valence-corrected chi connectivity index (χ1v) is 7.94. The van der Waals surface area contributed by atoms with E-state index in [1.165, 1.54) is 4.90 Å². The summed E-state index contributed by atoms with van der Waals surface area (Å²) in [5, 5.41) is 6.19. The Kier molecular flexibility index (Phi) is 6.09. The zero-order valence-electron chi connectivity index (χ0n) is 14.3. The highest BCUT2D eigenvalue weighted by atomic mass is 16.2. The molecule has 0 radical (unpaired) electrons. The number of amides is 2. The molecule has 5 heteroatoms. The number of nitrogens with one attached hydrogen (secondary N) is 2. The minimum absolute atomic E-state index is 0.0852. The summed E-state index contributed by atoms with van der Waals surface area (Å²) in [7, 11) is 3.40. The molecule has 0 bridgehead atoms. The second-order valence-electron chi connectivity index (χ2n) is 5.67. The average Bonchev–Trinajstić information content (AvgIpc) is 2.60. The van der Waals surface area contributed by atoms with Gasteiger partial charge in [-0.3, -0.25) is 9.59 Å². The van der Waals surface area contributed by atoms with Gasteiger partial charge in [-0.25, -0.2) is 0 Å². The lowest BCUT2D eigenvalue weighted by molar-refractivity contribution is 0.0827. The first-order chi connectivity index (χ1) is 11.5. The molecule has 0 saturated heterocycles. The maximum absolute atomic E-state index is 12.4. The summed E-state index contributed by atoms with van der Waals surface area (Å²) >= 11 is 0. The molecular formula is C19H23N3O2. The third-order valence-electron chi connectivity index (χ3n) is 3.63. The van der Waals surface area contributed by atoms with Gasteiger partial charge < -0.3 is 15.5 Å². The Labute approximate surface area is 142 Å². The monoisotopic (exact) mass is 325 g/mol. The van der Waals surface area contributed by atoms with E-state index in [0.717, 1.165) is 17.8 Å². The van der Waals surface area contributed by atoms with E-state index in [4.69, 9.17) is 0 Å². The summed E-state index contributed by atoms with van der Waals surface area (Å²) in [6.45, 7) is 3.60. The SMILES string of the molecule is CCNCc1ccccc1NC(=O)c1ccc(C(=O)N(C)C)cc1. The molecule has 0 heterocycles. The predicted molar refractivity (Wildman–Crippen MR) is 96.2 cm³/mol. The van der Waals surface area contributed by atoms with Crippen LogP contribution in [0.5, 0.6) is 0 Å². The first kappa shape index (κ1) is 17.7. The average molecular weight is 325 g/mol. The Morgan fingerprint density at radius 3 is 2.21 bits per heavy atom. The number of carbonyl (C=O) groups excluding carboxylic acids is 2. The zero-order chi connectivity index (χ0) is 17.5. The Morgan fingerprint density at radius 1 is 0.958 bits per heavy atom. The van der Waals surface area contributed by atoms with Crippen LogP contribution in [0, 0.1) is 0 Å². The van der Waals surface area contributed by atoms with Crippen molar-refractivity contribution in [1.29, 1.82) is 0 Å². The summed E-state index contributed by atoms with van der Waals surface area (Å²) in [6.07, 6.45) is 0. The van der Waals surface area contributed by atoms with E-state index in [1.807, 2.05) is 31.2 Å². The molecule has 2 rings (SSSR count). The topological polar surface area (TPSA) is 61.4 Å². The molecule has 0 atom stereocenters. The molecule has 2 aromatic carbocycles. The minimum atomic E-state index is -0.192. The molecule has 126 valence electrons. The van der Waals surface area contributed by atoms with Crippen LogP contribution in [0.25, 0.3) is 0 Å². The highest BCUT2D eigenvalue weighted by molar-refractivity contribution is 6.05. The van der Waals surface area contributed by atoms with Gasteiger partial charge in [0.15, 0.2) is 0 Å². The van der Waals surface area contributed by atoms with E-state index >= 15 is 0 Å². The molecule has 0 aliphatic carbocycles. The van der Waals surface area contributed by atoms with Crippen molar-refractivity contribution in [2.45, 2.75) is 13.5 Å². The fraction of sp³-hybridized carbons (Fsp3) is 0.263. The molecule has 0 aliphatic rings. The molecular weight excluding hydrogens is 302 g/mol. The quantitative estimate of drug-likeness (QED) is 0.858. The standard InChI is InChI=1S/C19H23N3O2/c1-4-20-13-16-7-5-6-8-17(16)21-18(23)14-9-11-15(12-10-14)19(24)22(2)3/h5-12,20H,4,13H2,1-3H3,(H,21,23). The van der Waals surface area contributed by atoms with E-state index in [-0.39, 0.29) is 11.8 Å². The van der Waals surface area contributed by atoms with Gasteiger partial charge in [0.05, 0.1) is 0 Å². The number of nitrogens with zero attached hydrogens (tertiary/aromatic N) is 1. The number of hydrogen-bond donors (Lipinski definition) is 2. The van der Waals surface area contributed by atoms with Crippen molar-refractivity contribution in [1.82, 2.24) is 10.2 Å². The summed E-state index contributed by atoms with van der Waals surface area (Å²) in [4.78, 5) is 25.8. The predicted octanol–water partition coefficient (Wildman–Crippen LogP) is 2.75. The maximum atomic E-state index is 12.4. The van der Waals surface area contributed by atoms with Gasteiger partial charge in [0.1, 0.15) is 0 Å². The van der Waals surface area contributed by atoms with Gasteiger partial charge in [-0.15, -0.1) is 0 Å². The van der Waals surface area contributed by atoms with Crippen molar-refractivity contribution in [2.24, 2.45) is 0 Å². The number of rotatable bonds is 6. The molecule has 2 N–H and O–H groups in total. The summed E-state index contributed by atoms with van der Waals surface area (Å²) in [5.41, 5.74) is 2.90. The van der Waals surface area contributed by atoms with Crippen LogP contribution in [0.4, 0.5) is 5.69 Å². The van der Waals surface area contributed by atoms with Gasteiger partial charge in [-0.05, 0) is 42.4 Å². The van der Waals surface area contributed by atoms with Gasteiger partial charge in [-0.1, -0.05) is 25.1 Å². The largest absolute Gasteiger partial charge is 0.345 e. The lowest BCUT2D eigenvalue weighted by Gasteiger charge is -2.12. The zero-order valence-corrected chi connectivity index (χ0v) is 14.3. The Balaban J connectivity index is 2.11. The first-order valence-electron chi connectivity index (χ1n) is 7.94. The van der Waals surface area contributed by atoms with Crippen LogP contribution >= 0.6 is 0 Å². The second kappa shape index (κ2) is 8.26. The Morgan fingerprint density at radius 2 is 1.58 bits per heavy atom. The number of para-hydroxylation sites is 1. The van der Waals surface area contributed by atoms with Gasteiger partial charge >= 0.3 is 0 Å². The summed E-state index contributed by atoms with van der Waals surface area (Å²) in [5.74, 6) is -0.277. The van der Waals surface area contributed by atoms with E-state index in [9.17, 15) is 9.59 Å². The second-order valence-corrected chi connectivity index (χ2v) is 5.67. The lowest BCUT2D eigenvalue weighted by Crippen LogP contribution is -2.22. The van der Waals surface area contributed by atoms with Crippen molar-refractivity contribution in [3.8, 4) is 0 Å². The number of anilines is 1. The molecule has 0 spiro atoms. The third kappa shape index (κ3) is 4.43. The van der Waals surface area contributed by atoms with Gasteiger partial charge in [-0.2, -0.15) is 0 Å². The van der Waals surface area contributed by atoms with Crippen LogP contribution in [-0.4, -0.2) is 37.4 Å². The fourth-order valence-electron chi connectivity index (χ4n) is 2.27. The molecule has 2 aromatic rings.